The van der Waals surface area contributed by atoms with Crippen molar-refractivity contribution in [1.29, 1.82) is 0 Å². The Morgan fingerprint density at radius 1 is 1.32 bits per heavy atom. The van der Waals surface area contributed by atoms with Crippen LogP contribution < -0.4 is 24.0 Å². The molecule has 1 aromatic carbocycles. The molecule has 0 saturated heterocycles. The molecule has 19 heavy (non-hydrogen) atoms. The van der Waals surface area contributed by atoms with E-state index in [1.165, 1.54) is 5.56 Å². The fraction of sp³-hybridized carbons (Fsp3) is 0.333. The summed E-state index contributed by atoms with van der Waals surface area (Å²) >= 11 is -2.27. The third-order valence-corrected chi connectivity index (χ3v) is 9.49. The quantitative estimate of drug-likeness (QED) is 0.409. The summed E-state index contributed by atoms with van der Waals surface area (Å²) in [7, 11) is 0. The Labute approximate surface area is 132 Å². The van der Waals surface area contributed by atoms with Crippen LogP contribution in [0.1, 0.15) is 9.50 Å². The largest absolute Gasteiger partial charge is 1.00 e. The fourth-order valence-electron chi connectivity index (χ4n) is 1.83. The van der Waals surface area contributed by atoms with Gasteiger partial charge in [0, 0.05) is 0 Å². The Morgan fingerprint density at radius 3 is 2.37 bits per heavy atom. The van der Waals surface area contributed by atoms with Gasteiger partial charge in [-0.1, -0.05) is 0 Å². The van der Waals surface area contributed by atoms with E-state index < -0.39 is 18.4 Å². The van der Waals surface area contributed by atoms with Crippen LogP contribution in [0.2, 0.25) is 14.8 Å². The fourth-order valence-corrected chi connectivity index (χ4v) is 7.05. The minimum absolute atomic E-state index is 0. The number of benzene rings is 1. The zero-order valence-electron chi connectivity index (χ0n) is 12.3. The van der Waals surface area contributed by atoms with E-state index in [1.807, 2.05) is 18.2 Å². The molecule has 0 aromatic heterocycles. The summed E-state index contributed by atoms with van der Waals surface area (Å²) in [5, 5.41) is 11.7. The van der Waals surface area contributed by atoms with Crippen molar-refractivity contribution in [3.05, 3.63) is 60.6 Å². The van der Waals surface area contributed by atoms with Crippen LogP contribution >= 0.6 is 0 Å². The van der Waals surface area contributed by atoms with E-state index in [1.54, 1.807) is 12.2 Å². The van der Waals surface area contributed by atoms with Gasteiger partial charge < -0.3 is 0 Å². The smallest absolute Gasteiger partial charge is 1.00 e. The van der Waals surface area contributed by atoms with E-state index in [0.29, 0.717) is 0 Å². The third kappa shape index (κ3) is 6.60. The molecular weight excluding hydrogens is 338 g/mol. The SMILES string of the molecule is C=CCO/C([O-])=C\[CH](c1ccccc1)[Sn]([CH3])([CH3])[CH3].[Li+]. The van der Waals surface area contributed by atoms with Gasteiger partial charge in [0.1, 0.15) is 0 Å². The monoisotopic (exact) mass is 360 g/mol. The molecule has 0 fully saturated rings. The zero-order chi connectivity index (χ0) is 13.6. The van der Waals surface area contributed by atoms with Gasteiger partial charge in [-0.2, -0.15) is 0 Å². The molecule has 98 valence electrons. The Hall–Kier alpha value is -0.304. The second-order valence-electron chi connectivity index (χ2n) is 5.34. The number of allylic oxidation sites excluding steroid dienone is 1. The molecule has 0 heterocycles. The van der Waals surface area contributed by atoms with Gasteiger partial charge in [-0.25, -0.2) is 0 Å². The molecule has 0 aliphatic carbocycles. The summed E-state index contributed by atoms with van der Waals surface area (Å²) in [4.78, 5) is 6.97. The van der Waals surface area contributed by atoms with Crippen LogP contribution in [0.25, 0.3) is 0 Å². The van der Waals surface area contributed by atoms with Crippen LogP contribution in [-0.4, -0.2) is 25.0 Å². The zero-order valence-corrected chi connectivity index (χ0v) is 15.2. The maximum atomic E-state index is 11.7. The van der Waals surface area contributed by atoms with Crippen LogP contribution in [0.3, 0.4) is 0 Å². The maximum Gasteiger partial charge on any atom is 1.00 e. The Kier molecular flexibility index (Phi) is 8.64. The molecule has 0 aliphatic rings. The molecule has 1 aromatic rings. The molecule has 1 rings (SSSR count). The van der Waals surface area contributed by atoms with Crippen molar-refractivity contribution in [1.82, 2.24) is 0 Å². The molecule has 0 saturated carbocycles. The van der Waals surface area contributed by atoms with Crippen molar-refractivity contribution >= 4 is 18.4 Å². The van der Waals surface area contributed by atoms with E-state index in [-0.39, 0.29) is 35.3 Å². The molecule has 1 unspecified atom stereocenters. The van der Waals surface area contributed by atoms with Crippen molar-refractivity contribution in [3.63, 3.8) is 0 Å². The molecule has 1 atom stereocenters. The standard InChI is InChI=1S/C12H13O2.3CH3.Li.Sn/c1-2-10-14-12(13)9-8-11-6-4-3-5-7-11;;;;;/h2-9,13H,1,10H2;3*1H3;;/q;;;;+1;/p-1/b12-9-;;;;;. The van der Waals surface area contributed by atoms with Gasteiger partial charge in [0.25, 0.3) is 0 Å². The normalized spacial score (nSPS) is 13.3. The summed E-state index contributed by atoms with van der Waals surface area (Å²) in [5.74, 6) is -0.240. The minimum Gasteiger partial charge on any atom is 1.00 e. The Morgan fingerprint density at radius 2 is 1.89 bits per heavy atom. The predicted molar refractivity (Wildman–Crippen MR) is 76.8 cm³/mol. The first-order valence-corrected chi connectivity index (χ1v) is 16.3. The summed E-state index contributed by atoms with van der Waals surface area (Å²) in [6.07, 6.45) is 3.33. The molecule has 0 amide bonds. The van der Waals surface area contributed by atoms with Crippen LogP contribution in [0, 0.1) is 0 Å². The van der Waals surface area contributed by atoms with Gasteiger partial charge in [-0.15, -0.1) is 0 Å². The van der Waals surface area contributed by atoms with Crippen molar-refractivity contribution < 1.29 is 28.7 Å². The first kappa shape index (κ1) is 18.7. The van der Waals surface area contributed by atoms with Crippen LogP contribution in [-0.2, 0) is 4.74 Å². The molecule has 0 bridgehead atoms. The number of hydrogen-bond donors (Lipinski definition) is 0. The van der Waals surface area contributed by atoms with Crippen molar-refractivity contribution in [2.75, 3.05) is 6.61 Å². The molecule has 0 N–H and O–H groups in total. The number of ether oxygens (including phenoxy) is 1. The van der Waals surface area contributed by atoms with E-state index in [0.717, 1.165) is 0 Å². The Bertz CT molecular complexity index is 410. The summed E-state index contributed by atoms with van der Waals surface area (Å²) in [6, 6.07) is 10.2. The molecule has 2 nitrogen and oxygen atoms in total. The molecule has 4 heteroatoms. The average molecular weight is 359 g/mol. The molecular formula is C15H21LiO2Sn. The predicted octanol–water partition coefficient (Wildman–Crippen LogP) is 0.0559. The maximum absolute atomic E-state index is 11.7. The van der Waals surface area contributed by atoms with Crippen molar-refractivity contribution in [2.45, 2.75) is 18.8 Å². The van der Waals surface area contributed by atoms with Crippen LogP contribution in [0.5, 0.6) is 0 Å². The van der Waals surface area contributed by atoms with E-state index in [4.69, 9.17) is 4.74 Å². The topological polar surface area (TPSA) is 32.3 Å². The second kappa shape index (κ2) is 8.79. The average Bonchev–Trinajstić information content (AvgIpc) is 2.33. The van der Waals surface area contributed by atoms with Crippen molar-refractivity contribution in [2.24, 2.45) is 0 Å². The van der Waals surface area contributed by atoms with Gasteiger partial charge in [0.15, 0.2) is 0 Å². The van der Waals surface area contributed by atoms with Crippen LogP contribution in [0.15, 0.2) is 55.0 Å². The summed E-state index contributed by atoms with van der Waals surface area (Å²) in [6.45, 7) is 3.82. The summed E-state index contributed by atoms with van der Waals surface area (Å²) in [5.41, 5.74) is 1.22. The van der Waals surface area contributed by atoms with Gasteiger partial charge in [0.05, 0.1) is 0 Å². The van der Waals surface area contributed by atoms with Gasteiger partial charge in [-0.3, -0.25) is 0 Å². The van der Waals surface area contributed by atoms with E-state index in [9.17, 15) is 5.11 Å². The second-order valence-corrected chi connectivity index (χ2v) is 20.6. The van der Waals surface area contributed by atoms with Gasteiger partial charge >= 0.3 is 133 Å². The number of rotatable bonds is 6. The molecule has 0 aliphatic heterocycles. The first-order valence-electron chi connectivity index (χ1n) is 6.12. The summed E-state index contributed by atoms with van der Waals surface area (Å²) < 4.78 is 5.31. The van der Waals surface area contributed by atoms with Gasteiger partial charge in [0.2, 0.25) is 0 Å². The Balaban J connectivity index is 0.00000324. The van der Waals surface area contributed by atoms with E-state index in [2.05, 4.69) is 33.5 Å². The molecule has 0 radical (unpaired) electrons. The minimum atomic E-state index is -2.27. The van der Waals surface area contributed by atoms with Gasteiger partial charge in [-0.05, 0) is 0 Å². The third-order valence-electron chi connectivity index (χ3n) is 2.74. The van der Waals surface area contributed by atoms with Crippen LogP contribution in [0.4, 0.5) is 0 Å². The first-order chi connectivity index (χ1) is 8.45. The van der Waals surface area contributed by atoms with E-state index >= 15 is 0 Å². The molecule has 0 spiro atoms. The van der Waals surface area contributed by atoms with Crippen molar-refractivity contribution in [3.8, 4) is 0 Å². The number of hydrogen-bond acceptors (Lipinski definition) is 2.